The van der Waals surface area contributed by atoms with Crippen LogP contribution in [0.4, 0.5) is 23.7 Å². The summed E-state index contributed by atoms with van der Waals surface area (Å²) in [6.45, 7) is 4.88. The number of halogens is 3. The first-order valence-electron chi connectivity index (χ1n) is 8.54. The highest BCUT2D eigenvalue weighted by molar-refractivity contribution is 6.10. The molecule has 0 bridgehead atoms. The number of hydrogen-bond acceptors (Lipinski definition) is 3. The molecular weight excluding hydrogens is 363 g/mol. The maximum Gasteiger partial charge on any atom is 0.418 e. The number of alkyl halides is 3. The van der Waals surface area contributed by atoms with E-state index in [2.05, 4.69) is 10.6 Å². The van der Waals surface area contributed by atoms with Gasteiger partial charge in [-0.3, -0.25) is 14.5 Å². The Labute approximate surface area is 155 Å². The van der Waals surface area contributed by atoms with Gasteiger partial charge in [0.05, 0.1) is 11.3 Å². The average molecular weight is 385 g/mol. The lowest BCUT2D eigenvalue weighted by Gasteiger charge is -2.22. The minimum Gasteiger partial charge on any atom is -0.324 e. The van der Waals surface area contributed by atoms with Crippen molar-refractivity contribution in [3.05, 3.63) is 29.8 Å². The molecule has 0 radical (unpaired) electrons. The molecule has 0 aliphatic carbocycles. The fraction of sp³-hybridized carbons (Fsp3) is 0.500. The van der Waals surface area contributed by atoms with E-state index in [0.717, 1.165) is 17.0 Å². The van der Waals surface area contributed by atoms with Crippen molar-refractivity contribution >= 4 is 23.5 Å². The zero-order valence-corrected chi connectivity index (χ0v) is 15.3. The normalized spacial score (nSPS) is 20.2. The number of hydrogen-bond donors (Lipinski definition) is 2. The Balaban J connectivity index is 2.09. The highest BCUT2D eigenvalue weighted by Gasteiger charge is 2.48. The Hall–Kier alpha value is -2.58. The lowest BCUT2D eigenvalue weighted by Crippen LogP contribution is -2.44. The smallest absolute Gasteiger partial charge is 0.324 e. The monoisotopic (exact) mass is 385 g/mol. The van der Waals surface area contributed by atoms with Crippen LogP contribution in [0.5, 0.6) is 0 Å². The van der Waals surface area contributed by atoms with E-state index < -0.39 is 47.4 Å². The van der Waals surface area contributed by atoms with Gasteiger partial charge in [0, 0.05) is 0 Å². The molecule has 1 heterocycles. The van der Waals surface area contributed by atoms with Crippen LogP contribution in [0.15, 0.2) is 24.3 Å². The molecule has 2 rings (SSSR count). The van der Waals surface area contributed by atoms with Gasteiger partial charge in [-0.1, -0.05) is 26.0 Å². The quantitative estimate of drug-likeness (QED) is 0.737. The molecular formula is C18H22F3N3O3. The molecule has 1 aliphatic rings. The second-order valence-corrected chi connectivity index (χ2v) is 7.18. The van der Waals surface area contributed by atoms with E-state index >= 15 is 0 Å². The Morgan fingerprint density at radius 3 is 2.48 bits per heavy atom. The van der Waals surface area contributed by atoms with Crippen molar-refractivity contribution in [3.8, 4) is 0 Å². The zero-order chi connectivity index (χ0) is 20.4. The third-order valence-corrected chi connectivity index (χ3v) is 4.38. The summed E-state index contributed by atoms with van der Waals surface area (Å²) in [4.78, 5) is 37.5. The molecule has 9 heteroatoms. The van der Waals surface area contributed by atoms with Crippen molar-refractivity contribution in [2.24, 2.45) is 5.92 Å². The van der Waals surface area contributed by atoms with Crippen LogP contribution in [0.25, 0.3) is 0 Å². The number of para-hydroxylation sites is 1. The van der Waals surface area contributed by atoms with E-state index in [1.165, 1.54) is 12.1 Å². The van der Waals surface area contributed by atoms with Crippen LogP contribution in [-0.4, -0.2) is 34.8 Å². The van der Waals surface area contributed by atoms with Gasteiger partial charge in [0.2, 0.25) is 5.91 Å². The molecule has 0 saturated carbocycles. The summed E-state index contributed by atoms with van der Waals surface area (Å²) in [5, 5.41) is 4.70. The second kappa shape index (κ2) is 7.58. The van der Waals surface area contributed by atoms with Gasteiger partial charge < -0.3 is 10.6 Å². The van der Waals surface area contributed by atoms with Crippen molar-refractivity contribution in [2.75, 3.05) is 11.9 Å². The number of imide groups is 1. The number of rotatable bonds is 6. The largest absolute Gasteiger partial charge is 0.418 e. The van der Waals surface area contributed by atoms with Crippen LogP contribution in [-0.2, 0) is 15.8 Å². The van der Waals surface area contributed by atoms with Gasteiger partial charge in [0.25, 0.3) is 5.91 Å². The maximum absolute atomic E-state index is 13.0. The molecule has 1 aliphatic heterocycles. The molecule has 4 amide bonds. The number of urea groups is 1. The summed E-state index contributed by atoms with van der Waals surface area (Å²) in [7, 11) is 0. The SMILES string of the molecule is CC(C)CCC1(C)NC(=O)N(CC(=O)Nc2ccccc2C(F)(F)F)C1=O. The first kappa shape index (κ1) is 20.7. The minimum absolute atomic E-state index is 0.322. The first-order chi connectivity index (χ1) is 12.4. The third-order valence-electron chi connectivity index (χ3n) is 4.38. The Morgan fingerprint density at radius 2 is 1.89 bits per heavy atom. The number of nitrogens with one attached hydrogen (secondary N) is 2. The van der Waals surface area contributed by atoms with Crippen LogP contribution in [0.1, 0.15) is 39.2 Å². The van der Waals surface area contributed by atoms with Crippen LogP contribution >= 0.6 is 0 Å². The average Bonchev–Trinajstić information content (AvgIpc) is 2.76. The van der Waals surface area contributed by atoms with Gasteiger partial charge in [-0.15, -0.1) is 0 Å². The number of carbonyl (C=O) groups is 3. The zero-order valence-electron chi connectivity index (χ0n) is 15.3. The van der Waals surface area contributed by atoms with Crippen molar-refractivity contribution in [1.82, 2.24) is 10.2 Å². The topological polar surface area (TPSA) is 78.5 Å². The molecule has 1 atom stereocenters. The summed E-state index contributed by atoms with van der Waals surface area (Å²) < 4.78 is 39.0. The molecule has 148 valence electrons. The standard InChI is InChI=1S/C18H22F3N3O3/c1-11(2)8-9-17(3)15(26)24(16(27)23-17)10-14(25)22-13-7-5-4-6-12(13)18(19,20)21/h4-7,11H,8-10H2,1-3H3,(H,22,25)(H,23,27). The Morgan fingerprint density at radius 1 is 1.26 bits per heavy atom. The van der Waals surface area contributed by atoms with E-state index in [-0.39, 0.29) is 0 Å². The van der Waals surface area contributed by atoms with Gasteiger partial charge >= 0.3 is 12.2 Å². The van der Waals surface area contributed by atoms with Gasteiger partial charge in [-0.2, -0.15) is 13.2 Å². The Bertz CT molecular complexity index is 749. The maximum atomic E-state index is 13.0. The lowest BCUT2D eigenvalue weighted by molar-refractivity contribution is -0.137. The minimum atomic E-state index is -4.64. The van der Waals surface area contributed by atoms with Crippen LogP contribution in [0, 0.1) is 5.92 Å². The van der Waals surface area contributed by atoms with Crippen molar-refractivity contribution < 1.29 is 27.6 Å². The fourth-order valence-electron chi connectivity index (χ4n) is 2.81. The molecule has 1 aromatic carbocycles. The van der Waals surface area contributed by atoms with Crippen molar-refractivity contribution in [3.63, 3.8) is 0 Å². The molecule has 2 N–H and O–H groups in total. The fourth-order valence-corrected chi connectivity index (χ4v) is 2.81. The van der Waals surface area contributed by atoms with E-state index in [1.54, 1.807) is 6.92 Å². The molecule has 1 fully saturated rings. The van der Waals surface area contributed by atoms with Crippen LogP contribution in [0.3, 0.4) is 0 Å². The van der Waals surface area contributed by atoms with E-state index in [4.69, 9.17) is 0 Å². The highest BCUT2D eigenvalue weighted by atomic mass is 19.4. The molecule has 1 aromatic rings. The number of benzene rings is 1. The summed E-state index contributed by atoms with van der Waals surface area (Å²) in [5.41, 5.74) is -2.55. The number of anilines is 1. The molecule has 0 spiro atoms. The lowest BCUT2D eigenvalue weighted by atomic mass is 9.92. The highest BCUT2D eigenvalue weighted by Crippen LogP contribution is 2.34. The summed E-state index contributed by atoms with van der Waals surface area (Å²) in [6.07, 6.45) is -3.54. The number of carbonyl (C=O) groups excluding carboxylic acids is 3. The molecule has 27 heavy (non-hydrogen) atoms. The first-order valence-corrected chi connectivity index (χ1v) is 8.54. The van der Waals surface area contributed by atoms with Crippen molar-refractivity contribution in [2.45, 2.75) is 45.3 Å². The number of amides is 4. The predicted molar refractivity (Wildman–Crippen MR) is 92.8 cm³/mol. The van der Waals surface area contributed by atoms with Gasteiger partial charge in [-0.05, 0) is 37.8 Å². The molecule has 1 unspecified atom stereocenters. The summed E-state index contributed by atoms with van der Waals surface area (Å²) in [6, 6.07) is 3.77. The van der Waals surface area contributed by atoms with E-state index in [0.29, 0.717) is 18.8 Å². The van der Waals surface area contributed by atoms with Gasteiger partial charge in [-0.25, -0.2) is 4.79 Å². The van der Waals surface area contributed by atoms with Crippen LogP contribution in [0.2, 0.25) is 0 Å². The van der Waals surface area contributed by atoms with Crippen molar-refractivity contribution in [1.29, 1.82) is 0 Å². The molecule has 0 aromatic heterocycles. The predicted octanol–water partition coefficient (Wildman–Crippen LogP) is 3.39. The van der Waals surface area contributed by atoms with Gasteiger partial charge in [0.15, 0.2) is 0 Å². The summed E-state index contributed by atoms with van der Waals surface area (Å²) >= 11 is 0. The number of nitrogens with zero attached hydrogens (tertiary/aromatic N) is 1. The second-order valence-electron chi connectivity index (χ2n) is 7.18. The van der Waals surface area contributed by atoms with Crippen LogP contribution < -0.4 is 10.6 Å². The third kappa shape index (κ3) is 4.78. The molecule has 1 saturated heterocycles. The molecule has 6 nitrogen and oxygen atoms in total. The van der Waals surface area contributed by atoms with E-state index in [9.17, 15) is 27.6 Å². The van der Waals surface area contributed by atoms with Gasteiger partial charge in [0.1, 0.15) is 12.1 Å². The summed E-state index contributed by atoms with van der Waals surface area (Å²) in [5.74, 6) is -1.13. The van der Waals surface area contributed by atoms with E-state index in [1.807, 2.05) is 13.8 Å². The Kier molecular flexibility index (Phi) is 5.82.